The number of rotatable bonds is 9. The first-order valence-electron chi connectivity index (χ1n) is 8.30. The van der Waals surface area contributed by atoms with Crippen LogP contribution >= 0.6 is 0 Å². The summed E-state index contributed by atoms with van der Waals surface area (Å²) in [5, 5.41) is 2.96. The predicted molar refractivity (Wildman–Crippen MR) is 96.9 cm³/mol. The minimum Gasteiger partial charge on any atom is -0.497 e. The maximum atomic E-state index is 12.3. The van der Waals surface area contributed by atoms with Crippen molar-refractivity contribution < 1.29 is 19.0 Å². The van der Waals surface area contributed by atoms with Crippen molar-refractivity contribution in [2.24, 2.45) is 0 Å². The number of nitrogens with one attached hydrogen (secondary N) is 1. The van der Waals surface area contributed by atoms with Gasteiger partial charge in [0.15, 0.2) is 0 Å². The van der Waals surface area contributed by atoms with Crippen molar-refractivity contribution in [3.63, 3.8) is 0 Å². The van der Waals surface area contributed by atoms with E-state index in [0.717, 1.165) is 16.7 Å². The smallest absolute Gasteiger partial charge is 0.224 e. The van der Waals surface area contributed by atoms with E-state index in [1.54, 1.807) is 20.3 Å². The molecule has 134 valence electrons. The minimum atomic E-state index is -0.0715. The fourth-order valence-corrected chi connectivity index (χ4v) is 2.53. The molecular formula is C20H25NO4. The van der Waals surface area contributed by atoms with Crippen LogP contribution in [-0.4, -0.2) is 26.7 Å². The Morgan fingerprint density at radius 2 is 1.76 bits per heavy atom. The zero-order valence-electron chi connectivity index (χ0n) is 15.0. The Hall–Kier alpha value is -2.53. The molecule has 0 aliphatic heterocycles. The van der Waals surface area contributed by atoms with Gasteiger partial charge in [-0.2, -0.15) is 0 Å². The summed E-state index contributed by atoms with van der Waals surface area (Å²) in [5.74, 6) is 1.30. The van der Waals surface area contributed by atoms with Gasteiger partial charge in [0.2, 0.25) is 5.91 Å². The van der Waals surface area contributed by atoms with Gasteiger partial charge in [-0.1, -0.05) is 24.3 Å². The number of hydrogen-bond donors (Lipinski definition) is 1. The summed E-state index contributed by atoms with van der Waals surface area (Å²) in [4.78, 5) is 12.3. The van der Waals surface area contributed by atoms with Crippen LogP contribution in [0.5, 0.6) is 11.5 Å². The highest BCUT2D eigenvalue weighted by Gasteiger charge is 2.11. The Balaban J connectivity index is 2.00. The first-order chi connectivity index (χ1) is 12.2. The van der Waals surface area contributed by atoms with Crippen molar-refractivity contribution in [1.82, 2.24) is 5.32 Å². The molecule has 0 heterocycles. The SMILES string of the molecule is CCOCc1ccccc1CNC(=O)Cc1cc(OC)ccc1OC. The van der Waals surface area contributed by atoms with Crippen LogP contribution in [0.25, 0.3) is 0 Å². The molecule has 0 bridgehead atoms. The van der Waals surface area contributed by atoms with E-state index in [9.17, 15) is 4.79 Å². The Morgan fingerprint density at radius 1 is 1.00 bits per heavy atom. The van der Waals surface area contributed by atoms with Crippen LogP contribution in [0.4, 0.5) is 0 Å². The number of carbonyl (C=O) groups is 1. The lowest BCUT2D eigenvalue weighted by molar-refractivity contribution is -0.120. The maximum Gasteiger partial charge on any atom is 0.224 e. The maximum absolute atomic E-state index is 12.3. The Kier molecular flexibility index (Phi) is 7.29. The highest BCUT2D eigenvalue weighted by Crippen LogP contribution is 2.24. The number of benzene rings is 2. The van der Waals surface area contributed by atoms with Crippen LogP contribution in [0.3, 0.4) is 0 Å². The van der Waals surface area contributed by atoms with Crippen molar-refractivity contribution in [2.75, 3.05) is 20.8 Å². The molecule has 2 aromatic carbocycles. The molecule has 0 saturated heterocycles. The average molecular weight is 343 g/mol. The van der Waals surface area contributed by atoms with E-state index in [1.165, 1.54) is 0 Å². The highest BCUT2D eigenvalue weighted by atomic mass is 16.5. The topological polar surface area (TPSA) is 56.8 Å². The summed E-state index contributed by atoms with van der Waals surface area (Å²) in [6, 6.07) is 13.4. The lowest BCUT2D eigenvalue weighted by Gasteiger charge is -2.12. The standard InChI is InChI=1S/C20H25NO4/c1-4-25-14-16-8-6-5-7-15(16)13-21-20(22)12-17-11-18(23-2)9-10-19(17)24-3/h5-11H,4,12-14H2,1-3H3,(H,21,22). The summed E-state index contributed by atoms with van der Waals surface area (Å²) in [6.07, 6.45) is 0.230. The molecule has 0 saturated carbocycles. The Bertz CT molecular complexity index is 700. The van der Waals surface area contributed by atoms with Crippen LogP contribution in [0.1, 0.15) is 23.6 Å². The van der Waals surface area contributed by atoms with Gasteiger partial charge in [-0.25, -0.2) is 0 Å². The van der Waals surface area contributed by atoms with Crippen LogP contribution in [0, 0.1) is 0 Å². The fourth-order valence-electron chi connectivity index (χ4n) is 2.53. The molecule has 0 aliphatic rings. The van der Waals surface area contributed by atoms with E-state index in [0.29, 0.717) is 31.3 Å². The lowest BCUT2D eigenvalue weighted by Crippen LogP contribution is -2.25. The monoisotopic (exact) mass is 343 g/mol. The largest absolute Gasteiger partial charge is 0.497 e. The first kappa shape index (κ1) is 18.8. The molecule has 0 aromatic heterocycles. The highest BCUT2D eigenvalue weighted by molar-refractivity contribution is 5.79. The van der Waals surface area contributed by atoms with Gasteiger partial charge in [0.05, 0.1) is 27.2 Å². The number of amides is 1. The molecule has 2 aromatic rings. The van der Waals surface area contributed by atoms with Crippen molar-refractivity contribution in [3.05, 3.63) is 59.2 Å². The van der Waals surface area contributed by atoms with E-state index in [-0.39, 0.29) is 12.3 Å². The zero-order chi connectivity index (χ0) is 18.1. The number of ether oxygens (including phenoxy) is 3. The average Bonchev–Trinajstić information content (AvgIpc) is 2.65. The van der Waals surface area contributed by atoms with Gasteiger partial charge < -0.3 is 19.5 Å². The number of carbonyl (C=O) groups excluding carboxylic acids is 1. The summed E-state index contributed by atoms with van der Waals surface area (Å²) in [6.45, 7) is 3.64. The first-order valence-corrected chi connectivity index (χ1v) is 8.30. The van der Waals surface area contributed by atoms with E-state index in [1.807, 2.05) is 43.3 Å². The quantitative estimate of drug-likeness (QED) is 0.760. The van der Waals surface area contributed by atoms with Crippen LogP contribution in [-0.2, 0) is 29.1 Å². The second-order valence-corrected chi connectivity index (χ2v) is 5.54. The third-order valence-corrected chi connectivity index (χ3v) is 3.89. The van der Waals surface area contributed by atoms with Gasteiger partial charge in [-0.05, 0) is 36.2 Å². The molecule has 0 fully saturated rings. The molecule has 1 amide bonds. The second-order valence-electron chi connectivity index (χ2n) is 5.54. The number of hydrogen-bond acceptors (Lipinski definition) is 4. The van der Waals surface area contributed by atoms with E-state index in [2.05, 4.69) is 5.32 Å². The predicted octanol–water partition coefficient (Wildman–Crippen LogP) is 3.10. The molecule has 0 aliphatic carbocycles. The normalized spacial score (nSPS) is 10.4. The fraction of sp³-hybridized carbons (Fsp3) is 0.350. The van der Waals surface area contributed by atoms with Gasteiger partial charge >= 0.3 is 0 Å². The van der Waals surface area contributed by atoms with Crippen LogP contribution in [0.15, 0.2) is 42.5 Å². The summed E-state index contributed by atoms with van der Waals surface area (Å²) >= 11 is 0. The summed E-state index contributed by atoms with van der Waals surface area (Å²) in [7, 11) is 3.19. The molecule has 25 heavy (non-hydrogen) atoms. The molecule has 0 unspecified atom stereocenters. The van der Waals surface area contributed by atoms with Crippen molar-refractivity contribution >= 4 is 5.91 Å². The van der Waals surface area contributed by atoms with E-state index < -0.39 is 0 Å². The third kappa shape index (κ3) is 5.50. The van der Waals surface area contributed by atoms with Gasteiger partial charge in [0, 0.05) is 18.7 Å². The van der Waals surface area contributed by atoms with Crippen LogP contribution < -0.4 is 14.8 Å². The third-order valence-electron chi connectivity index (χ3n) is 3.89. The van der Waals surface area contributed by atoms with Crippen molar-refractivity contribution in [2.45, 2.75) is 26.5 Å². The molecule has 2 rings (SSSR count). The lowest BCUT2D eigenvalue weighted by atomic mass is 10.1. The van der Waals surface area contributed by atoms with E-state index in [4.69, 9.17) is 14.2 Å². The molecule has 0 radical (unpaired) electrons. The molecular weight excluding hydrogens is 318 g/mol. The second kappa shape index (κ2) is 9.69. The van der Waals surface area contributed by atoms with E-state index >= 15 is 0 Å². The molecule has 0 atom stereocenters. The minimum absolute atomic E-state index is 0.0715. The van der Waals surface area contributed by atoms with Gasteiger partial charge in [-0.3, -0.25) is 4.79 Å². The van der Waals surface area contributed by atoms with Crippen molar-refractivity contribution in [3.8, 4) is 11.5 Å². The molecule has 5 heteroatoms. The molecule has 0 spiro atoms. The summed E-state index contributed by atoms with van der Waals surface area (Å²) in [5.41, 5.74) is 2.94. The van der Waals surface area contributed by atoms with Crippen molar-refractivity contribution in [1.29, 1.82) is 0 Å². The van der Waals surface area contributed by atoms with Gasteiger partial charge in [-0.15, -0.1) is 0 Å². The number of methoxy groups -OCH3 is 2. The molecule has 5 nitrogen and oxygen atoms in total. The molecule has 1 N–H and O–H groups in total. The zero-order valence-corrected chi connectivity index (χ0v) is 15.0. The van der Waals surface area contributed by atoms with Crippen LogP contribution in [0.2, 0.25) is 0 Å². The Labute approximate surface area is 148 Å². The van der Waals surface area contributed by atoms with Gasteiger partial charge in [0.25, 0.3) is 0 Å². The summed E-state index contributed by atoms with van der Waals surface area (Å²) < 4.78 is 16.0. The van der Waals surface area contributed by atoms with Gasteiger partial charge in [0.1, 0.15) is 11.5 Å². The Morgan fingerprint density at radius 3 is 2.44 bits per heavy atom.